The molecule has 2 heterocycles. The maximum atomic E-state index is 12.7. The summed E-state index contributed by atoms with van der Waals surface area (Å²) < 4.78 is 0. The van der Waals surface area contributed by atoms with Crippen LogP contribution < -0.4 is 4.90 Å². The van der Waals surface area contributed by atoms with Gasteiger partial charge in [-0.1, -0.05) is 73.6 Å². The lowest BCUT2D eigenvalue weighted by Crippen LogP contribution is -2.51. The van der Waals surface area contributed by atoms with Crippen molar-refractivity contribution in [3.63, 3.8) is 0 Å². The number of fused-ring (bicyclic) bond motifs is 2. The van der Waals surface area contributed by atoms with E-state index in [0.29, 0.717) is 31.7 Å². The molecule has 308 valence electrons. The van der Waals surface area contributed by atoms with Crippen LogP contribution in [0.25, 0.3) is 0 Å². The Bertz CT molecular complexity index is 2240. The lowest BCUT2D eigenvalue weighted by molar-refractivity contribution is -0.157. The van der Waals surface area contributed by atoms with Crippen LogP contribution in [0, 0.1) is 23.7 Å². The second kappa shape index (κ2) is 20.9. The summed E-state index contributed by atoms with van der Waals surface area (Å²) >= 11 is 0. The van der Waals surface area contributed by atoms with Crippen LogP contribution in [0.4, 0.5) is 5.69 Å². The number of aliphatic hydroxyl groups is 4. The van der Waals surface area contributed by atoms with Gasteiger partial charge < -0.3 is 40.0 Å². The highest BCUT2D eigenvalue weighted by Gasteiger charge is 2.37. The van der Waals surface area contributed by atoms with Crippen molar-refractivity contribution in [2.45, 2.75) is 57.6 Å². The average molecular weight is 801 g/mol. The lowest BCUT2D eigenvalue weighted by Gasteiger charge is -2.32. The van der Waals surface area contributed by atoms with Crippen LogP contribution in [0.2, 0.25) is 0 Å². The van der Waals surface area contributed by atoms with E-state index < -0.39 is 48.0 Å². The first-order valence-electron chi connectivity index (χ1n) is 18.9. The molecule has 59 heavy (non-hydrogen) atoms. The molecule has 12 heteroatoms. The van der Waals surface area contributed by atoms with Gasteiger partial charge in [-0.3, -0.25) is 19.2 Å². The lowest BCUT2D eigenvalue weighted by atomic mass is 9.96. The maximum absolute atomic E-state index is 12.7. The summed E-state index contributed by atoms with van der Waals surface area (Å²) in [6, 6.07) is 30.8. The first-order chi connectivity index (χ1) is 27.7. The molecule has 6 rings (SSSR count). The molecule has 0 aliphatic carbocycles. The van der Waals surface area contributed by atoms with Crippen LogP contribution in [-0.4, -0.2) is 124 Å². The van der Waals surface area contributed by atoms with Gasteiger partial charge in [0.15, 0.2) is 24.4 Å². The number of aryl methyl sites for hydroxylation is 1. The molecule has 4 atom stereocenters. The number of nitrogens with zero attached hydrogens (tertiary/aromatic N) is 4. The van der Waals surface area contributed by atoms with Gasteiger partial charge in [-0.05, 0) is 90.6 Å². The van der Waals surface area contributed by atoms with Crippen molar-refractivity contribution in [3.05, 3.63) is 136 Å². The Balaban J connectivity index is 0.000000256. The van der Waals surface area contributed by atoms with E-state index in [4.69, 9.17) is 0 Å². The summed E-state index contributed by atoms with van der Waals surface area (Å²) in [6.45, 7) is 1.14. The Labute approximate surface area is 346 Å². The van der Waals surface area contributed by atoms with E-state index in [1.54, 1.807) is 6.07 Å². The largest absolute Gasteiger partial charge is 0.380 e. The van der Waals surface area contributed by atoms with Gasteiger partial charge in [-0.15, -0.1) is 0 Å². The molecule has 0 spiro atoms. The highest BCUT2D eigenvalue weighted by atomic mass is 16.4. The van der Waals surface area contributed by atoms with Crippen molar-refractivity contribution in [1.29, 1.82) is 0 Å². The van der Waals surface area contributed by atoms with Crippen LogP contribution in [0.5, 0.6) is 0 Å². The number of carbonyl (C=O) groups excluding carboxylic acids is 4. The Morgan fingerprint density at radius 2 is 1.02 bits per heavy atom. The molecule has 12 nitrogen and oxygen atoms in total. The number of anilines is 1. The zero-order chi connectivity index (χ0) is 41.9. The molecule has 0 unspecified atom stereocenters. The second-order valence-corrected chi connectivity index (χ2v) is 14.4. The molecule has 0 aromatic heterocycles. The summed E-state index contributed by atoms with van der Waals surface area (Å²) in [5, 5.41) is 40.4. The fourth-order valence-corrected chi connectivity index (χ4v) is 6.47. The summed E-state index contributed by atoms with van der Waals surface area (Å²) in [5.41, 5.74) is 7.22. The molecule has 0 saturated carbocycles. The van der Waals surface area contributed by atoms with Crippen LogP contribution >= 0.6 is 0 Å². The number of hydrogen-bond donors (Lipinski definition) is 4. The van der Waals surface area contributed by atoms with Crippen LogP contribution in [0.1, 0.15) is 52.8 Å². The highest BCUT2D eigenvalue weighted by Crippen LogP contribution is 2.29. The quantitative estimate of drug-likeness (QED) is 0.217. The van der Waals surface area contributed by atoms with Crippen molar-refractivity contribution in [1.82, 2.24) is 14.7 Å². The Hall–Kier alpha value is -6.28. The van der Waals surface area contributed by atoms with Crippen molar-refractivity contribution >= 4 is 29.3 Å². The van der Waals surface area contributed by atoms with Crippen molar-refractivity contribution < 1.29 is 39.6 Å². The SMILES string of the molecule is C.CN(C)C(=O)[C@H](O)[C@@H](O)C(=O)N1CCCc2cc(C#Cc3ccccc3)ccc21.CN(C)C(=O)[C@H](O)[C@@H](O)C(=O)N1CCc2ccc(C#Cc3ccccc3)cc2C1. The zero-order valence-electron chi connectivity index (χ0n) is 33.0. The normalized spacial score (nSPS) is 14.6. The Morgan fingerprint density at radius 3 is 1.54 bits per heavy atom. The number of amides is 4. The molecule has 2 aliphatic heterocycles. The van der Waals surface area contributed by atoms with Gasteiger partial charge in [0.2, 0.25) is 0 Å². The van der Waals surface area contributed by atoms with Gasteiger partial charge in [-0.2, -0.15) is 0 Å². The minimum Gasteiger partial charge on any atom is -0.380 e. The average Bonchev–Trinajstić information content (AvgIpc) is 3.25. The van der Waals surface area contributed by atoms with Crippen molar-refractivity contribution in [2.75, 3.05) is 46.2 Å². The Morgan fingerprint density at radius 1 is 0.542 bits per heavy atom. The van der Waals surface area contributed by atoms with Crippen LogP contribution in [-0.2, 0) is 38.6 Å². The molecule has 4 N–H and O–H groups in total. The van der Waals surface area contributed by atoms with Crippen LogP contribution in [0.3, 0.4) is 0 Å². The van der Waals surface area contributed by atoms with E-state index in [-0.39, 0.29) is 7.43 Å². The van der Waals surface area contributed by atoms with Gasteiger partial charge in [0, 0.05) is 75.8 Å². The summed E-state index contributed by atoms with van der Waals surface area (Å²) in [5.74, 6) is 9.73. The first kappa shape index (κ1) is 45.4. The molecular formula is C47H52N4O8. The van der Waals surface area contributed by atoms with E-state index in [0.717, 1.165) is 61.6 Å². The van der Waals surface area contributed by atoms with Gasteiger partial charge in [0.05, 0.1) is 0 Å². The minimum absolute atomic E-state index is 0. The number of carbonyl (C=O) groups is 4. The smallest absolute Gasteiger partial charge is 0.259 e. The highest BCUT2D eigenvalue weighted by molar-refractivity contribution is 6.01. The fraction of sp³-hybridized carbons (Fsp3) is 0.319. The summed E-state index contributed by atoms with van der Waals surface area (Å²) in [6.07, 6.45) is -5.02. The van der Waals surface area contributed by atoms with Gasteiger partial charge in [-0.25, -0.2) is 0 Å². The number of aliphatic hydroxyl groups excluding tert-OH is 4. The van der Waals surface area contributed by atoms with Crippen molar-refractivity contribution in [3.8, 4) is 23.7 Å². The third-order valence-corrected chi connectivity index (χ3v) is 9.74. The fourth-order valence-electron chi connectivity index (χ4n) is 6.47. The van der Waals surface area contributed by atoms with Gasteiger partial charge in [0.1, 0.15) is 0 Å². The standard InChI is InChI=1S/2C23H24N2O4.CH4/c1-24(2)22(28)20(26)21(27)23(29)25-14-6-9-18-15-17(12-13-19(18)25)11-10-16-7-4-3-5-8-16;1-24(2)22(28)20(26)21(27)23(29)25-13-12-18-11-10-17(14-19(18)15-25)9-8-16-6-4-3-5-7-16;/h3-5,7-8,12-13,15,20-21,26-27H,6,9,14H2,1-2H3;3-7,10-11,14,20-21,26-27H,12-13,15H2,1-2H3;1H4/t2*20-,21-;/m11./s1. The molecule has 4 aromatic rings. The number of likely N-dealkylation sites (N-methyl/N-ethyl adjacent to an activating group) is 2. The minimum atomic E-state index is -1.81. The molecule has 0 bridgehead atoms. The second-order valence-electron chi connectivity index (χ2n) is 14.4. The zero-order valence-corrected chi connectivity index (χ0v) is 33.0. The van der Waals surface area contributed by atoms with Gasteiger partial charge >= 0.3 is 0 Å². The topological polar surface area (TPSA) is 162 Å². The predicted molar refractivity (Wildman–Crippen MR) is 226 cm³/mol. The van der Waals surface area contributed by atoms with Crippen molar-refractivity contribution in [2.24, 2.45) is 0 Å². The summed E-state index contributed by atoms with van der Waals surface area (Å²) in [4.78, 5) is 54.2. The third kappa shape index (κ3) is 11.7. The number of hydrogen-bond acceptors (Lipinski definition) is 8. The molecular weight excluding hydrogens is 749 g/mol. The molecule has 0 fully saturated rings. The first-order valence-corrected chi connectivity index (χ1v) is 18.9. The van der Waals surface area contributed by atoms with Crippen LogP contribution in [0.15, 0.2) is 97.1 Å². The summed E-state index contributed by atoms with van der Waals surface area (Å²) in [7, 11) is 5.82. The van der Waals surface area contributed by atoms with E-state index >= 15 is 0 Å². The monoisotopic (exact) mass is 800 g/mol. The molecule has 0 radical (unpaired) electrons. The maximum Gasteiger partial charge on any atom is 0.259 e. The molecule has 4 amide bonds. The molecule has 0 saturated heterocycles. The number of benzene rings is 4. The van der Waals surface area contributed by atoms with E-state index in [9.17, 15) is 39.6 Å². The molecule has 2 aliphatic rings. The van der Waals surface area contributed by atoms with E-state index in [2.05, 4.69) is 23.7 Å². The van der Waals surface area contributed by atoms with E-state index in [1.807, 2.05) is 91.0 Å². The van der Waals surface area contributed by atoms with E-state index in [1.165, 1.54) is 38.0 Å². The number of rotatable bonds is 6. The third-order valence-electron chi connectivity index (χ3n) is 9.74. The Kier molecular flexibility index (Phi) is 16.1. The predicted octanol–water partition coefficient (Wildman–Crippen LogP) is 2.59. The van der Waals surface area contributed by atoms with Gasteiger partial charge in [0.25, 0.3) is 23.6 Å². The molecule has 4 aromatic carbocycles.